The number of rotatable bonds is 5. The highest BCUT2D eigenvalue weighted by atomic mass is 35.5. The van der Waals surface area contributed by atoms with Crippen LogP contribution in [0.3, 0.4) is 0 Å². The van der Waals surface area contributed by atoms with Crippen LogP contribution in [-0.4, -0.2) is 19.5 Å². The molecule has 116 valence electrons. The van der Waals surface area contributed by atoms with E-state index in [9.17, 15) is 4.79 Å². The van der Waals surface area contributed by atoms with Gasteiger partial charge in [-0.1, -0.05) is 59.1 Å². The summed E-state index contributed by atoms with van der Waals surface area (Å²) in [4.78, 5) is 13.1. The van der Waals surface area contributed by atoms with Gasteiger partial charge < -0.3 is 10.2 Å². The largest absolute Gasteiger partial charge is 0.326 e. The third kappa shape index (κ3) is 4.62. The van der Waals surface area contributed by atoms with Gasteiger partial charge in [0.25, 0.3) is 5.91 Å². The van der Waals surface area contributed by atoms with Crippen molar-refractivity contribution in [3.63, 3.8) is 0 Å². The molecule has 22 heavy (non-hydrogen) atoms. The zero-order valence-corrected chi connectivity index (χ0v) is 14.3. The lowest BCUT2D eigenvalue weighted by molar-refractivity contribution is -0.885. The third-order valence-corrected chi connectivity index (χ3v) is 4.14. The van der Waals surface area contributed by atoms with E-state index in [2.05, 4.69) is 5.32 Å². The highest BCUT2D eigenvalue weighted by Gasteiger charge is 2.15. The van der Waals surface area contributed by atoms with E-state index in [-0.39, 0.29) is 12.5 Å². The van der Waals surface area contributed by atoms with Gasteiger partial charge in [-0.2, -0.15) is 0 Å². The summed E-state index contributed by atoms with van der Waals surface area (Å²) in [5, 5.41) is 4.30. The minimum Gasteiger partial charge on any atom is -0.326 e. The van der Waals surface area contributed by atoms with Gasteiger partial charge in [-0.3, -0.25) is 4.79 Å². The minimum absolute atomic E-state index is 0.153. The fourth-order valence-corrected chi connectivity index (χ4v) is 2.80. The van der Waals surface area contributed by atoms with Gasteiger partial charge in [-0.25, -0.2) is 0 Å². The summed E-state index contributed by atoms with van der Waals surface area (Å²) < 4.78 is 0. The molecule has 2 aromatic rings. The van der Waals surface area contributed by atoms with Gasteiger partial charge in [-0.15, -0.1) is 0 Å². The lowest BCUT2D eigenvalue weighted by atomic mass is 10.2. The predicted octanol–water partition coefficient (Wildman–Crippen LogP) is 3.30. The zero-order valence-electron chi connectivity index (χ0n) is 12.0. The molecule has 6 heteroatoms. The van der Waals surface area contributed by atoms with Crippen molar-refractivity contribution in [1.29, 1.82) is 0 Å². The summed E-state index contributed by atoms with van der Waals surface area (Å²) in [6.07, 6.45) is 0. The molecule has 0 aromatic heterocycles. The molecule has 0 aliphatic heterocycles. The van der Waals surface area contributed by atoms with Crippen LogP contribution in [0.15, 0.2) is 42.5 Å². The number of carbonyl (C=O) groups is 1. The number of likely N-dealkylation sites (N-methyl/N-ethyl adjacent to an activating group) is 1. The maximum atomic E-state index is 12.1. The van der Waals surface area contributed by atoms with Crippen LogP contribution in [0, 0.1) is 0 Å². The molecule has 0 radical (unpaired) electrons. The van der Waals surface area contributed by atoms with E-state index in [0.717, 1.165) is 10.5 Å². The quantitative estimate of drug-likeness (QED) is 0.845. The standard InChI is InChI=1S/C16H15Cl3N2O/c1-21(9-11-5-2-3-6-12(11)17)10-15(22)20-16-13(18)7-4-8-14(16)19/h2-8H,9-10H2,1H3,(H,20,22)/p+1. The Balaban J connectivity index is 1.96. The second kappa shape index (κ2) is 7.84. The Morgan fingerprint density at radius 3 is 2.23 bits per heavy atom. The number of hydrogen-bond acceptors (Lipinski definition) is 1. The molecule has 2 N–H and O–H groups in total. The van der Waals surface area contributed by atoms with Gasteiger partial charge >= 0.3 is 0 Å². The van der Waals surface area contributed by atoms with Gasteiger partial charge in [0.1, 0.15) is 6.54 Å². The number of halogens is 3. The van der Waals surface area contributed by atoms with Crippen molar-refractivity contribution in [3.05, 3.63) is 63.1 Å². The maximum absolute atomic E-state index is 12.1. The monoisotopic (exact) mass is 357 g/mol. The smallest absolute Gasteiger partial charge is 0.279 e. The Labute approximate surface area is 144 Å². The molecule has 2 aromatic carbocycles. The molecule has 0 aliphatic rings. The topological polar surface area (TPSA) is 33.5 Å². The van der Waals surface area contributed by atoms with E-state index in [1.54, 1.807) is 18.2 Å². The Hall–Kier alpha value is -1.26. The third-order valence-electron chi connectivity index (χ3n) is 3.14. The lowest BCUT2D eigenvalue weighted by Crippen LogP contribution is -3.08. The fraction of sp³-hybridized carbons (Fsp3) is 0.188. The van der Waals surface area contributed by atoms with Gasteiger partial charge in [-0.05, 0) is 18.2 Å². The Kier molecular flexibility index (Phi) is 6.09. The molecule has 0 aliphatic carbocycles. The Morgan fingerprint density at radius 1 is 1.00 bits per heavy atom. The molecule has 0 spiro atoms. The van der Waals surface area contributed by atoms with Gasteiger partial charge in [0.2, 0.25) is 0 Å². The normalized spacial score (nSPS) is 12.0. The second-order valence-corrected chi connectivity index (χ2v) is 6.27. The molecule has 0 saturated heterocycles. The van der Waals surface area contributed by atoms with Crippen LogP contribution >= 0.6 is 34.8 Å². The van der Waals surface area contributed by atoms with E-state index in [1.165, 1.54) is 0 Å². The predicted molar refractivity (Wildman–Crippen MR) is 92.0 cm³/mol. The van der Waals surface area contributed by atoms with Crippen molar-refractivity contribution >= 4 is 46.4 Å². The summed E-state index contributed by atoms with van der Waals surface area (Å²) in [6.45, 7) is 0.941. The van der Waals surface area contributed by atoms with Crippen LogP contribution in [0.5, 0.6) is 0 Å². The number of para-hydroxylation sites is 1. The first-order valence-electron chi connectivity index (χ1n) is 6.76. The molecule has 0 saturated carbocycles. The number of amides is 1. The van der Waals surface area contributed by atoms with Gasteiger partial charge in [0, 0.05) is 10.6 Å². The number of nitrogens with one attached hydrogen (secondary N) is 2. The minimum atomic E-state index is -0.153. The molecule has 0 fully saturated rings. The fourth-order valence-electron chi connectivity index (χ4n) is 2.10. The Bertz CT molecular complexity index is 656. The van der Waals surface area contributed by atoms with Crippen LogP contribution < -0.4 is 10.2 Å². The molecular weight excluding hydrogens is 343 g/mol. The lowest BCUT2D eigenvalue weighted by Gasteiger charge is -2.15. The summed E-state index contributed by atoms with van der Waals surface area (Å²) in [5.41, 5.74) is 1.45. The second-order valence-electron chi connectivity index (χ2n) is 5.05. The van der Waals surface area contributed by atoms with Crippen molar-refractivity contribution in [2.45, 2.75) is 6.54 Å². The Morgan fingerprint density at radius 2 is 1.59 bits per heavy atom. The van der Waals surface area contributed by atoms with Crippen LogP contribution in [0.2, 0.25) is 15.1 Å². The number of hydrogen-bond donors (Lipinski definition) is 2. The average Bonchev–Trinajstić information content (AvgIpc) is 2.45. The van der Waals surface area contributed by atoms with Crippen LogP contribution in [0.25, 0.3) is 0 Å². The van der Waals surface area contributed by atoms with Crippen molar-refractivity contribution in [3.8, 4) is 0 Å². The van der Waals surface area contributed by atoms with E-state index in [0.29, 0.717) is 27.3 Å². The molecule has 0 heterocycles. The summed E-state index contributed by atoms with van der Waals surface area (Å²) in [7, 11) is 1.93. The molecule has 1 amide bonds. The first kappa shape index (κ1) is 17.1. The van der Waals surface area contributed by atoms with Gasteiger partial charge in [0.15, 0.2) is 6.54 Å². The van der Waals surface area contributed by atoms with Crippen LogP contribution in [0.1, 0.15) is 5.56 Å². The number of anilines is 1. The number of benzene rings is 2. The maximum Gasteiger partial charge on any atom is 0.279 e. The first-order valence-corrected chi connectivity index (χ1v) is 7.89. The van der Waals surface area contributed by atoms with E-state index in [4.69, 9.17) is 34.8 Å². The summed E-state index contributed by atoms with van der Waals surface area (Å²) >= 11 is 18.2. The van der Waals surface area contributed by atoms with E-state index >= 15 is 0 Å². The number of quaternary nitrogens is 1. The summed E-state index contributed by atoms with van der Waals surface area (Å²) in [5.74, 6) is -0.153. The SMILES string of the molecule is C[NH+](CC(=O)Nc1c(Cl)cccc1Cl)Cc1ccccc1Cl. The molecule has 0 bridgehead atoms. The van der Waals surface area contributed by atoms with Crippen molar-refractivity contribution in [1.82, 2.24) is 0 Å². The molecule has 2 rings (SSSR count). The first-order chi connectivity index (χ1) is 10.5. The van der Waals surface area contributed by atoms with Crippen molar-refractivity contribution in [2.24, 2.45) is 0 Å². The van der Waals surface area contributed by atoms with Crippen molar-refractivity contribution in [2.75, 3.05) is 18.9 Å². The van der Waals surface area contributed by atoms with Gasteiger partial charge in [0.05, 0.1) is 22.8 Å². The molecule has 1 atom stereocenters. The highest BCUT2D eigenvalue weighted by molar-refractivity contribution is 6.39. The molecule has 1 unspecified atom stereocenters. The zero-order chi connectivity index (χ0) is 16.1. The molecule has 3 nitrogen and oxygen atoms in total. The number of carbonyl (C=O) groups excluding carboxylic acids is 1. The van der Waals surface area contributed by atoms with Crippen LogP contribution in [-0.2, 0) is 11.3 Å². The van der Waals surface area contributed by atoms with E-state index < -0.39 is 0 Å². The molecular formula is C16H16Cl3N2O+. The highest BCUT2D eigenvalue weighted by Crippen LogP contribution is 2.29. The average molecular weight is 359 g/mol. The van der Waals surface area contributed by atoms with Crippen LogP contribution in [0.4, 0.5) is 5.69 Å². The summed E-state index contributed by atoms with van der Waals surface area (Å²) in [6, 6.07) is 12.7. The van der Waals surface area contributed by atoms with E-state index in [1.807, 2.05) is 31.3 Å². The van der Waals surface area contributed by atoms with Crippen molar-refractivity contribution < 1.29 is 9.69 Å².